The van der Waals surface area contributed by atoms with E-state index < -0.39 is 12.1 Å². The molecule has 0 radical (unpaired) electrons. The van der Waals surface area contributed by atoms with Gasteiger partial charge >= 0.3 is 5.97 Å². The maximum atomic E-state index is 10.8. The van der Waals surface area contributed by atoms with E-state index >= 15 is 0 Å². The van der Waals surface area contributed by atoms with Crippen molar-refractivity contribution >= 4 is 5.97 Å². The summed E-state index contributed by atoms with van der Waals surface area (Å²) in [6, 6.07) is 0. The van der Waals surface area contributed by atoms with Crippen LogP contribution in [0.15, 0.2) is 0 Å². The fourth-order valence-corrected chi connectivity index (χ4v) is 0.536. The minimum absolute atomic E-state index is 0.0331. The van der Waals surface area contributed by atoms with E-state index in [1.807, 2.05) is 0 Å². The first kappa shape index (κ1) is 10.3. The van der Waals surface area contributed by atoms with Crippen LogP contribution in [0.1, 0.15) is 20.3 Å². The number of hydrogen-bond acceptors (Lipinski definition) is 5. The smallest absolute Gasteiger partial charge is 0.309 e. The van der Waals surface area contributed by atoms with E-state index in [1.54, 1.807) is 19.3 Å². The van der Waals surface area contributed by atoms with Crippen LogP contribution in [-0.2, 0) is 9.53 Å². The van der Waals surface area contributed by atoms with Gasteiger partial charge in [-0.25, -0.2) is 0 Å². The van der Waals surface area contributed by atoms with Gasteiger partial charge in [-0.3, -0.25) is 4.79 Å². The van der Waals surface area contributed by atoms with Crippen LogP contribution in [0.3, 0.4) is 0 Å². The number of carbonyl (C=O) groups is 1. The molecule has 11 heavy (non-hydrogen) atoms. The van der Waals surface area contributed by atoms with Gasteiger partial charge in [0, 0.05) is 0 Å². The number of hydrogen-bond donors (Lipinski definition) is 3. The highest BCUT2D eigenvalue weighted by molar-refractivity contribution is 5.70. The van der Waals surface area contributed by atoms with Crippen molar-refractivity contribution in [3.63, 3.8) is 0 Å². The van der Waals surface area contributed by atoms with Crippen LogP contribution < -0.4 is 11.2 Å². The van der Waals surface area contributed by atoms with Gasteiger partial charge in [0.1, 0.15) is 0 Å². The van der Waals surface area contributed by atoms with Crippen molar-refractivity contribution in [1.82, 2.24) is 5.48 Å². The molecule has 0 amide bonds. The molecule has 1 atom stereocenters. The molecule has 0 aliphatic rings. The van der Waals surface area contributed by atoms with E-state index in [1.165, 1.54) is 0 Å². The predicted molar refractivity (Wildman–Crippen MR) is 38.7 cm³/mol. The number of nitrogens with one attached hydrogen (secondary N) is 1. The Morgan fingerprint density at radius 3 is 2.64 bits per heavy atom. The van der Waals surface area contributed by atoms with Crippen LogP contribution in [0.5, 0.6) is 0 Å². The van der Waals surface area contributed by atoms with E-state index in [0.717, 1.165) is 0 Å². The van der Waals surface area contributed by atoms with Crippen molar-refractivity contribution in [1.29, 1.82) is 0 Å². The first-order valence-electron chi connectivity index (χ1n) is 3.41. The second-order valence-electron chi connectivity index (χ2n) is 2.48. The third-order valence-corrected chi connectivity index (χ3v) is 0.920. The van der Waals surface area contributed by atoms with Crippen LogP contribution in [0.4, 0.5) is 0 Å². The van der Waals surface area contributed by atoms with E-state index in [0.29, 0.717) is 0 Å². The van der Waals surface area contributed by atoms with E-state index in [2.05, 4.69) is 0 Å². The molecule has 0 aromatic rings. The summed E-state index contributed by atoms with van der Waals surface area (Å²) in [5.74, 6) is -0.422. The molecular weight excluding hydrogens is 148 g/mol. The van der Waals surface area contributed by atoms with Gasteiger partial charge in [0.25, 0.3) is 0 Å². The van der Waals surface area contributed by atoms with E-state index in [9.17, 15) is 4.79 Å². The Morgan fingerprint density at radius 2 is 2.27 bits per heavy atom. The molecule has 5 nitrogen and oxygen atoms in total. The number of hydroxylamine groups is 1. The molecule has 0 saturated heterocycles. The third-order valence-electron chi connectivity index (χ3n) is 0.920. The minimum atomic E-state index is -0.749. The maximum absolute atomic E-state index is 10.8. The van der Waals surface area contributed by atoms with Gasteiger partial charge in [0.15, 0.2) is 0 Å². The van der Waals surface area contributed by atoms with Gasteiger partial charge in [0.2, 0.25) is 0 Å². The third kappa shape index (κ3) is 5.78. The Balaban J connectivity index is 3.52. The standard InChI is InChI=1S/C6H14N2O3/c1-4(2)11-6(9)3-5(7)8-10/h4-5,8,10H,3,7H2,1-2H3. The Bertz CT molecular complexity index is 127. The van der Waals surface area contributed by atoms with Gasteiger partial charge in [-0.05, 0) is 13.8 Å². The van der Waals surface area contributed by atoms with Gasteiger partial charge in [0.05, 0.1) is 18.7 Å². The van der Waals surface area contributed by atoms with Crippen LogP contribution in [0.2, 0.25) is 0 Å². The van der Waals surface area contributed by atoms with Crippen molar-refractivity contribution in [2.45, 2.75) is 32.5 Å². The number of nitrogens with two attached hydrogens (primary N) is 1. The van der Waals surface area contributed by atoms with Gasteiger partial charge in [-0.1, -0.05) is 0 Å². The molecule has 0 aromatic heterocycles. The summed E-state index contributed by atoms with van der Waals surface area (Å²) in [7, 11) is 0. The Morgan fingerprint density at radius 1 is 1.73 bits per heavy atom. The Labute approximate surface area is 65.5 Å². The van der Waals surface area contributed by atoms with Crippen LogP contribution in [0.25, 0.3) is 0 Å². The summed E-state index contributed by atoms with van der Waals surface area (Å²) in [6.07, 6.45) is -0.927. The number of rotatable bonds is 4. The highest BCUT2D eigenvalue weighted by Gasteiger charge is 2.10. The normalized spacial score (nSPS) is 13.2. The molecule has 0 bridgehead atoms. The highest BCUT2D eigenvalue weighted by atomic mass is 16.5. The SMILES string of the molecule is CC(C)OC(=O)CC(N)NO. The van der Waals surface area contributed by atoms with E-state index in [-0.39, 0.29) is 12.5 Å². The molecule has 66 valence electrons. The highest BCUT2D eigenvalue weighted by Crippen LogP contribution is 1.93. The largest absolute Gasteiger partial charge is 0.463 e. The average molecular weight is 162 g/mol. The van der Waals surface area contributed by atoms with Crippen LogP contribution >= 0.6 is 0 Å². The molecule has 0 aliphatic heterocycles. The lowest BCUT2D eigenvalue weighted by Gasteiger charge is -2.10. The maximum Gasteiger partial charge on any atom is 0.309 e. The minimum Gasteiger partial charge on any atom is -0.463 e. The number of ether oxygens (including phenoxy) is 1. The Kier molecular flexibility index (Phi) is 4.76. The molecule has 0 rings (SSSR count). The molecule has 1 unspecified atom stereocenters. The molecule has 5 heteroatoms. The van der Waals surface area contributed by atoms with Gasteiger partial charge in [-0.2, -0.15) is 5.48 Å². The summed E-state index contributed by atoms with van der Waals surface area (Å²) < 4.78 is 4.75. The molecular formula is C6H14N2O3. The summed E-state index contributed by atoms with van der Waals surface area (Å²) in [5, 5.41) is 8.24. The van der Waals surface area contributed by atoms with Crippen molar-refractivity contribution in [3.8, 4) is 0 Å². The molecule has 0 saturated carbocycles. The molecule has 0 aromatic carbocycles. The lowest BCUT2D eigenvalue weighted by Crippen LogP contribution is -2.37. The lowest BCUT2D eigenvalue weighted by atomic mass is 10.3. The predicted octanol–water partition coefficient (Wildman–Crippen LogP) is -0.408. The van der Waals surface area contributed by atoms with Crippen LogP contribution in [0, 0.1) is 0 Å². The Hall–Kier alpha value is -0.650. The zero-order chi connectivity index (χ0) is 8.85. The van der Waals surface area contributed by atoms with Crippen molar-refractivity contribution in [2.24, 2.45) is 5.73 Å². The summed E-state index contributed by atoms with van der Waals surface area (Å²) in [6.45, 7) is 3.49. The fourth-order valence-electron chi connectivity index (χ4n) is 0.536. The topological polar surface area (TPSA) is 84.6 Å². The zero-order valence-corrected chi connectivity index (χ0v) is 6.70. The van der Waals surface area contributed by atoms with Crippen molar-refractivity contribution in [3.05, 3.63) is 0 Å². The van der Waals surface area contributed by atoms with Gasteiger partial charge < -0.3 is 15.7 Å². The molecule has 0 fully saturated rings. The first-order chi connectivity index (χ1) is 5.06. The van der Waals surface area contributed by atoms with Gasteiger partial charge in [-0.15, -0.1) is 0 Å². The summed E-state index contributed by atoms with van der Waals surface area (Å²) in [5.41, 5.74) is 6.93. The summed E-state index contributed by atoms with van der Waals surface area (Å²) in [4.78, 5) is 10.8. The quantitative estimate of drug-likeness (QED) is 0.297. The molecule has 0 heterocycles. The zero-order valence-electron chi connectivity index (χ0n) is 6.70. The molecule has 0 spiro atoms. The second kappa shape index (κ2) is 5.06. The average Bonchev–Trinajstić information content (AvgIpc) is 1.85. The van der Waals surface area contributed by atoms with Crippen LogP contribution in [-0.4, -0.2) is 23.4 Å². The molecule has 0 aliphatic carbocycles. The first-order valence-corrected chi connectivity index (χ1v) is 3.41. The number of carbonyl (C=O) groups excluding carboxylic acids is 1. The monoisotopic (exact) mass is 162 g/mol. The summed E-state index contributed by atoms with van der Waals surface area (Å²) >= 11 is 0. The van der Waals surface area contributed by atoms with E-state index in [4.69, 9.17) is 15.7 Å². The molecule has 4 N–H and O–H groups in total. The fraction of sp³-hybridized carbons (Fsp3) is 0.833. The number of esters is 1. The lowest BCUT2D eigenvalue weighted by molar-refractivity contribution is -0.148. The van der Waals surface area contributed by atoms with Crippen molar-refractivity contribution < 1.29 is 14.7 Å². The van der Waals surface area contributed by atoms with Crippen molar-refractivity contribution in [2.75, 3.05) is 0 Å². The second-order valence-corrected chi connectivity index (χ2v) is 2.48.